The summed E-state index contributed by atoms with van der Waals surface area (Å²) in [4.78, 5) is 25.5. The fourth-order valence-electron chi connectivity index (χ4n) is 2.44. The van der Waals surface area contributed by atoms with Crippen molar-refractivity contribution in [1.29, 1.82) is 0 Å². The molecule has 6 nitrogen and oxygen atoms in total. The number of carbonyl (C=O) groups excluding carboxylic acids is 2. The highest BCUT2D eigenvalue weighted by molar-refractivity contribution is 5.94. The number of nitrogens with zero attached hydrogens (tertiary/aromatic N) is 2. The van der Waals surface area contributed by atoms with E-state index in [1.807, 2.05) is 11.5 Å². The molecule has 0 aliphatic carbocycles. The summed E-state index contributed by atoms with van der Waals surface area (Å²) in [6, 6.07) is 1.68. The molecule has 0 aromatic carbocycles. The van der Waals surface area contributed by atoms with Crippen molar-refractivity contribution < 1.29 is 14.3 Å². The molecule has 2 rings (SSSR count). The molecule has 1 aliphatic rings. The Labute approximate surface area is 112 Å². The number of nitrogen functional groups attached to an aromatic ring is 1. The first kappa shape index (κ1) is 13.5. The molecule has 1 amide bonds. The Morgan fingerprint density at radius 1 is 1.53 bits per heavy atom. The van der Waals surface area contributed by atoms with Crippen LogP contribution in [-0.4, -0.2) is 41.5 Å². The molecule has 1 aromatic heterocycles. The maximum Gasteiger partial charge on any atom is 0.310 e. The van der Waals surface area contributed by atoms with Gasteiger partial charge in [0.05, 0.1) is 18.7 Å². The molecular weight excluding hydrogens is 246 g/mol. The van der Waals surface area contributed by atoms with Crippen LogP contribution in [0.15, 0.2) is 12.3 Å². The minimum atomic E-state index is -0.249. The average molecular weight is 265 g/mol. The number of hydrogen-bond donors (Lipinski definition) is 1. The van der Waals surface area contributed by atoms with Crippen molar-refractivity contribution in [3.63, 3.8) is 0 Å². The first-order valence-corrected chi connectivity index (χ1v) is 6.39. The Balaban J connectivity index is 2.11. The van der Waals surface area contributed by atoms with Crippen LogP contribution in [0, 0.1) is 5.92 Å². The molecule has 2 heterocycles. The van der Waals surface area contributed by atoms with Crippen LogP contribution in [0.4, 0.5) is 5.69 Å². The van der Waals surface area contributed by atoms with E-state index in [-0.39, 0.29) is 17.8 Å². The predicted molar refractivity (Wildman–Crippen MR) is 70.5 cm³/mol. The molecule has 0 bridgehead atoms. The summed E-state index contributed by atoms with van der Waals surface area (Å²) >= 11 is 0. The van der Waals surface area contributed by atoms with Crippen molar-refractivity contribution >= 4 is 17.6 Å². The smallest absolute Gasteiger partial charge is 0.310 e. The second-order valence-corrected chi connectivity index (χ2v) is 4.70. The normalized spacial score (nSPS) is 18.6. The minimum absolute atomic E-state index is 0.0787. The lowest BCUT2D eigenvalue weighted by Gasteiger charge is -2.17. The van der Waals surface area contributed by atoms with Crippen LogP contribution >= 0.6 is 0 Å². The van der Waals surface area contributed by atoms with E-state index in [9.17, 15) is 9.59 Å². The molecule has 1 atom stereocenters. The van der Waals surface area contributed by atoms with Crippen LogP contribution in [0.2, 0.25) is 0 Å². The van der Waals surface area contributed by atoms with E-state index in [2.05, 4.69) is 0 Å². The van der Waals surface area contributed by atoms with Crippen LogP contribution < -0.4 is 5.73 Å². The molecule has 104 valence electrons. The van der Waals surface area contributed by atoms with Crippen molar-refractivity contribution in [3.8, 4) is 0 Å². The van der Waals surface area contributed by atoms with Crippen LogP contribution in [0.5, 0.6) is 0 Å². The topological polar surface area (TPSA) is 77.6 Å². The SMILES string of the molecule is CCn1cc(N)cc1C(=O)N1CCC(C(=O)OC)C1. The highest BCUT2D eigenvalue weighted by Crippen LogP contribution is 2.21. The van der Waals surface area contributed by atoms with Gasteiger partial charge < -0.3 is 19.9 Å². The zero-order valence-electron chi connectivity index (χ0n) is 11.3. The second kappa shape index (κ2) is 5.34. The van der Waals surface area contributed by atoms with Crippen LogP contribution in [-0.2, 0) is 16.1 Å². The summed E-state index contributed by atoms with van der Waals surface area (Å²) in [5.41, 5.74) is 6.88. The summed E-state index contributed by atoms with van der Waals surface area (Å²) in [5.74, 6) is -0.540. The summed E-state index contributed by atoms with van der Waals surface area (Å²) in [7, 11) is 1.37. The average Bonchev–Trinajstić information content (AvgIpc) is 3.03. The molecule has 1 aliphatic heterocycles. The summed E-state index contributed by atoms with van der Waals surface area (Å²) < 4.78 is 6.54. The molecule has 19 heavy (non-hydrogen) atoms. The van der Waals surface area contributed by atoms with Gasteiger partial charge in [-0.25, -0.2) is 0 Å². The van der Waals surface area contributed by atoms with Gasteiger partial charge in [0.25, 0.3) is 5.91 Å². The van der Waals surface area contributed by atoms with E-state index in [4.69, 9.17) is 10.5 Å². The Morgan fingerprint density at radius 3 is 2.89 bits per heavy atom. The number of amides is 1. The van der Waals surface area contributed by atoms with E-state index in [0.29, 0.717) is 37.4 Å². The number of anilines is 1. The highest BCUT2D eigenvalue weighted by Gasteiger charge is 2.33. The molecule has 1 fully saturated rings. The number of likely N-dealkylation sites (tertiary alicyclic amines) is 1. The quantitative estimate of drug-likeness (QED) is 0.817. The van der Waals surface area contributed by atoms with Gasteiger partial charge in [0.1, 0.15) is 5.69 Å². The minimum Gasteiger partial charge on any atom is -0.469 e. The summed E-state index contributed by atoms with van der Waals surface area (Å²) in [6.07, 6.45) is 2.40. The fourth-order valence-corrected chi connectivity index (χ4v) is 2.44. The molecule has 1 aromatic rings. The van der Waals surface area contributed by atoms with Gasteiger partial charge in [-0.2, -0.15) is 0 Å². The van der Waals surface area contributed by atoms with Crippen LogP contribution in [0.25, 0.3) is 0 Å². The zero-order valence-corrected chi connectivity index (χ0v) is 11.3. The number of methoxy groups -OCH3 is 1. The molecule has 1 unspecified atom stereocenters. The van der Waals surface area contributed by atoms with E-state index < -0.39 is 0 Å². The number of aryl methyl sites for hydroxylation is 1. The maximum absolute atomic E-state index is 12.4. The Kier molecular flexibility index (Phi) is 3.78. The van der Waals surface area contributed by atoms with E-state index in [1.165, 1.54) is 7.11 Å². The number of esters is 1. The monoisotopic (exact) mass is 265 g/mol. The molecule has 1 saturated heterocycles. The number of aromatic nitrogens is 1. The fraction of sp³-hybridized carbons (Fsp3) is 0.538. The van der Waals surface area contributed by atoms with Gasteiger partial charge in [-0.3, -0.25) is 9.59 Å². The zero-order chi connectivity index (χ0) is 14.0. The lowest BCUT2D eigenvalue weighted by atomic mass is 10.1. The third-order valence-electron chi connectivity index (χ3n) is 3.49. The summed E-state index contributed by atoms with van der Waals surface area (Å²) in [5, 5.41) is 0. The third-order valence-corrected chi connectivity index (χ3v) is 3.49. The van der Waals surface area contributed by atoms with Crippen molar-refractivity contribution in [2.24, 2.45) is 5.92 Å². The van der Waals surface area contributed by atoms with Gasteiger partial charge in [-0.05, 0) is 19.4 Å². The van der Waals surface area contributed by atoms with Gasteiger partial charge in [0, 0.05) is 25.8 Å². The molecule has 6 heteroatoms. The van der Waals surface area contributed by atoms with E-state index >= 15 is 0 Å². The first-order chi connectivity index (χ1) is 9.06. The molecule has 2 N–H and O–H groups in total. The number of hydrogen-bond acceptors (Lipinski definition) is 4. The number of nitrogens with two attached hydrogens (primary N) is 1. The Morgan fingerprint density at radius 2 is 2.26 bits per heavy atom. The van der Waals surface area contributed by atoms with Gasteiger partial charge in [0.15, 0.2) is 0 Å². The molecule has 0 spiro atoms. The van der Waals surface area contributed by atoms with Crippen molar-refractivity contribution in [2.45, 2.75) is 19.9 Å². The third kappa shape index (κ3) is 2.57. The van der Waals surface area contributed by atoms with Crippen molar-refractivity contribution in [3.05, 3.63) is 18.0 Å². The lowest BCUT2D eigenvalue weighted by Crippen LogP contribution is -2.31. The second-order valence-electron chi connectivity index (χ2n) is 4.70. The number of ether oxygens (including phenoxy) is 1. The van der Waals surface area contributed by atoms with Crippen molar-refractivity contribution in [2.75, 3.05) is 25.9 Å². The van der Waals surface area contributed by atoms with E-state index in [1.54, 1.807) is 17.2 Å². The number of rotatable bonds is 3. The van der Waals surface area contributed by atoms with E-state index in [0.717, 1.165) is 0 Å². The maximum atomic E-state index is 12.4. The largest absolute Gasteiger partial charge is 0.469 e. The van der Waals surface area contributed by atoms with Gasteiger partial charge in [0.2, 0.25) is 0 Å². The highest BCUT2D eigenvalue weighted by atomic mass is 16.5. The summed E-state index contributed by atoms with van der Waals surface area (Å²) in [6.45, 7) is 3.64. The standard InChI is InChI=1S/C13H19N3O3/c1-3-15-8-10(14)6-11(15)12(17)16-5-4-9(7-16)13(18)19-2/h6,8-9H,3-5,7,14H2,1-2H3. The number of carbonyl (C=O) groups is 2. The molecular formula is C13H19N3O3. The Hall–Kier alpha value is -1.98. The van der Waals surface area contributed by atoms with Gasteiger partial charge in [-0.1, -0.05) is 0 Å². The van der Waals surface area contributed by atoms with Crippen LogP contribution in [0.1, 0.15) is 23.8 Å². The predicted octanol–water partition coefficient (Wildman–Crippen LogP) is 0.725. The van der Waals surface area contributed by atoms with Gasteiger partial charge >= 0.3 is 5.97 Å². The first-order valence-electron chi connectivity index (χ1n) is 6.39. The molecule has 0 radical (unpaired) electrons. The lowest BCUT2D eigenvalue weighted by molar-refractivity contribution is -0.144. The Bertz CT molecular complexity index is 495. The van der Waals surface area contributed by atoms with Crippen LogP contribution in [0.3, 0.4) is 0 Å². The van der Waals surface area contributed by atoms with Crippen molar-refractivity contribution in [1.82, 2.24) is 9.47 Å². The van der Waals surface area contributed by atoms with Gasteiger partial charge in [-0.15, -0.1) is 0 Å². The molecule has 0 saturated carbocycles.